The maximum atomic E-state index is 12.7. The number of rotatable bonds is 4. The fraction of sp³-hybridized carbons (Fsp3) is 0.200. The van der Waals surface area contributed by atoms with Crippen molar-refractivity contribution in [1.29, 1.82) is 0 Å². The fourth-order valence-corrected chi connectivity index (χ4v) is 1.84. The summed E-state index contributed by atoms with van der Waals surface area (Å²) in [5.41, 5.74) is 0.582. The van der Waals surface area contributed by atoms with E-state index in [9.17, 15) is 12.9 Å². The zero-order valence-electron chi connectivity index (χ0n) is 11.4. The summed E-state index contributed by atoms with van der Waals surface area (Å²) >= 11 is 0. The van der Waals surface area contributed by atoms with Crippen molar-refractivity contribution in [1.82, 2.24) is 0 Å². The van der Waals surface area contributed by atoms with Crippen LogP contribution in [0.1, 0.15) is 13.8 Å². The first-order chi connectivity index (χ1) is 9.36. The smallest absolute Gasteiger partial charge is 0.490 e. The number of ether oxygens (including phenoxy) is 1. The molecule has 0 unspecified atom stereocenters. The number of hydrogen-bond acceptors (Lipinski definition) is 1. The molecule has 2 aromatic carbocycles. The molecule has 0 saturated carbocycles. The Morgan fingerprint density at radius 3 is 2.35 bits per heavy atom. The third-order valence-electron chi connectivity index (χ3n) is 2.96. The summed E-state index contributed by atoms with van der Waals surface area (Å²) in [6.07, 6.45) is 1.94. The van der Waals surface area contributed by atoms with Crippen LogP contribution in [0.25, 0.3) is 10.8 Å². The van der Waals surface area contributed by atoms with Crippen LogP contribution in [-0.4, -0.2) is 13.6 Å². The number of allylic oxidation sites excluding steroid dienone is 1. The quantitative estimate of drug-likeness (QED) is 0.601. The molecule has 0 N–H and O–H groups in total. The van der Waals surface area contributed by atoms with Gasteiger partial charge in [0, 0.05) is 0 Å². The highest BCUT2D eigenvalue weighted by atomic mass is 19.4. The summed E-state index contributed by atoms with van der Waals surface area (Å²) in [4.78, 5) is 0. The van der Waals surface area contributed by atoms with Crippen molar-refractivity contribution in [2.75, 3.05) is 6.61 Å². The Kier molecular flexibility index (Phi) is 4.07. The van der Waals surface area contributed by atoms with E-state index in [0.29, 0.717) is 17.7 Å². The van der Waals surface area contributed by atoms with Gasteiger partial charge in [-0.1, -0.05) is 29.8 Å². The molecule has 20 heavy (non-hydrogen) atoms. The number of benzene rings is 2. The fourth-order valence-electron chi connectivity index (χ4n) is 1.84. The topological polar surface area (TPSA) is 9.23 Å². The summed E-state index contributed by atoms with van der Waals surface area (Å²) in [5.74, 6) is 0.653. The predicted octanol–water partition coefficient (Wildman–Crippen LogP) is 4.24. The maximum Gasteiger partial charge on any atom is 0.509 e. The van der Waals surface area contributed by atoms with Crippen LogP contribution < -0.4 is 10.2 Å². The molecule has 0 aliphatic heterocycles. The van der Waals surface area contributed by atoms with E-state index in [4.69, 9.17) is 4.74 Å². The minimum Gasteiger partial charge on any atom is -0.490 e. The van der Waals surface area contributed by atoms with Crippen LogP contribution in [0.15, 0.2) is 48.0 Å². The van der Waals surface area contributed by atoms with Gasteiger partial charge in [0.05, 0.1) is 0 Å². The van der Waals surface area contributed by atoms with Gasteiger partial charge in [-0.15, -0.1) is 5.46 Å². The van der Waals surface area contributed by atoms with Gasteiger partial charge in [0.25, 0.3) is 0 Å². The van der Waals surface area contributed by atoms with Crippen molar-refractivity contribution in [2.24, 2.45) is 0 Å². The Hall–Kier alpha value is -1.91. The second-order valence-electron chi connectivity index (χ2n) is 4.94. The first-order valence-corrected chi connectivity index (χ1v) is 6.36. The van der Waals surface area contributed by atoms with Crippen LogP contribution in [0.5, 0.6) is 5.75 Å². The molecule has 0 bridgehead atoms. The molecule has 0 heterocycles. The molecule has 1 nitrogen and oxygen atoms in total. The third kappa shape index (κ3) is 3.56. The standard InChI is InChI=1S/C15H15BF3O/c1-11(2)7-8-20-15-6-4-12-9-14(16(17,18)19)5-3-13(12)10-15/h3-7,9-10H,8H2,1-2H3/q-1. The van der Waals surface area contributed by atoms with E-state index in [2.05, 4.69) is 0 Å². The lowest BCUT2D eigenvalue weighted by molar-refractivity contribution is 0.362. The number of fused-ring (bicyclic) bond motifs is 1. The average molecular weight is 279 g/mol. The highest BCUT2D eigenvalue weighted by Gasteiger charge is 2.25. The van der Waals surface area contributed by atoms with Gasteiger partial charge in [-0.3, -0.25) is 0 Å². The normalized spacial score (nSPS) is 11.4. The van der Waals surface area contributed by atoms with Gasteiger partial charge in [0.15, 0.2) is 0 Å². The SMILES string of the molecule is CC(C)=CCOc1ccc2cc([B-](F)(F)F)ccc2c1. The van der Waals surface area contributed by atoms with Gasteiger partial charge in [-0.2, -0.15) is 0 Å². The molecule has 0 aliphatic rings. The second-order valence-corrected chi connectivity index (χ2v) is 4.94. The van der Waals surface area contributed by atoms with E-state index in [1.807, 2.05) is 19.9 Å². The maximum absolute atomic E-state index is 12.7. The zero-order valence-corrected chi connectivity index (χ0v) is 11.4. The Morgan fingerprint density at radius 1 is 1.05 bits per heavy atom. The molecule has 0 saturated heterocycles. The van der Waals surface area contributed by atoms with Gasteiger partial charge in [0.1, 0.15) is 12.4 Å². The highest BCUT2D eigenvalue weighted by molar-refractivity contribution is 6.73. The molecule has 0 aromatic heterocycles. The molecule has 106 valence electrons. The molecule has 0 amide bonds. The molecule has 0 radical (unpaired) electrons. The Balaban J connectivity index is 2.25. The molecule has 5 heteroatoms. The first kappa shape index (κ1) is 14.5. The van der Waals surface area contributed by atoms with Gasteiger partial charge in [-0.05, 0) is 42.8 Å². The molecule has 2 rings (SSSR count). The molecule has 0 aliphatic carbocycles. The Labute approximate surface area is 116 Å². The van der Waals surface area contributed by atoms with E-state index in [1.165, 1.54) is 12.1 Å². The lowest BCUT2D eigenvalue weighted by Gasteiger charge is -2.15. The summed E-state index contributed by atoms with van der Waals surface area (Å²) < 4.78 is 43.5. The average Bonchev–Trinajstić information content (AvgIpc) is 2.36. The van der Waals surface area contributed by atoms with Crippen LogP contribution in [-0.2, 0) is 0 Å². The summed E-state index contributed by atoms with van der Waals surface area (Å²) in [6, 6.07) is 8.86. The van der Waals surface area contributed by atoms with Crippen molar-refractivity contribution >= 4 is 23.2 Å². The Morgan fingerprint density at radius 2 is 1.70 bits per heavy atom. The third-order valence-corrected chi connectivity index (χ3v) is 2.96. The summed E-state index contributed by atoms with van der Waals surface area (Å²) in [5, 5.41) is 1.31. The largest absolute Gasteiger partial charge is 0.509 e. The minimum absolute atomic E-state index is 0.456. The van der Waals surface area contributed by atoms with E-state index in [0.717, 1.165) is 17.0 Å². The van der Waals surface area contributed by atoms with Crippen LogP contribution in [0.2, 0.25) is 0 Å². The van der Waals surface area contributed by atoms with Gasteiger partial charge in [0.2, 0.25) is 0 Å². The van der Waals surface area contributed by atoms with E-state index in [-0.39, 0.29) is 0 Å². The zero-order chi connectivity index (χ0) is 14.8. The van der Waals surface area contributed by atoms with Gasteiger partial charge in [-0.25, -0.2) is 0 Å². The lowest BCUT2D eigenvalue weighted by atomic mass is 9.79. The summed E-state index contributed by atoms with van der Waals surface area (Å²) in [6.45, 7) is -0.545. The Bertz CT molecular complexity index is 643. The number of halogens is 3. The molecule has 2 aromatic rings. The minimum atomic E-state index is -4.95. The summed E-state index contributed by atoms with van der Waals surface area (Å²) in [7, 11) is 0. The van der Waals surface area contributed by atoms with Crippen molar-refractivity contribution < 1.29 is 17.7 Å². The lowest BCUT2D eigenvalue weighted by Crippen LogP contribution is -2.33. The van der Waals surface area contributed by atoms with Gasteiger partial charge < -0.3 is 17.7 Å². The molecule has 0 atom stereocenters. The van der Waals surface area contributed by atoms with E-state index in [1.54, 1.807) is 18.2 Å². The van der Waals surface area contributed by atoms with E-state index < -0.39 is 12.4 Å². The monoisotopic (exact) mass is 279 g/mol. The van der Waals surface area contributed by atoms with Crippen molar-refractivity contribution in [2.45, 2.75) is 13.8 Å². The molecular weight excluding hydrogens is 264 g/mol. The van der Waals surface area contributed by atoms with E-state index >= 15 is 0 Å². The van der Waals surface area contributed by atoms with Crippen LogP contribution >= 0.6 is 0 Å². The second kappa shape index (κ2) is 5.61. The molecule has 0 spiro atoms. The van der Waals surface area contributed by atoms with Crippen molar-refractivity contribution in [3.8, 4) is 5.75 Å². The van der Waals surface area contributed by atoms with Crippen molar-refractivity contribution in [3.05, 3.63) is 48.0 Å². The van der Waals surface area contributed by atoms with Crippen LogP contribution in [0.4, 0.5) is 12.9 Å². The first-order valence-electron chi connectivity index (χ1n) is 6.36. The van der Waals surface area contributed by atoms with Crippen LogP contribution in [0.3, 0.4) is 0 Å². The van der Waals surface area contributed by atoms with Crippen LogP contribution in [0, 0.1) is 0 Å². The predicted molar refractivity (Wildman–Crippen MR) is 77.6 cm³/mol. The molecular formula is C15H15BF3O-. The molecule has 0 fully saturated rings. The number of hydrogen-bond donors (Lipinski definition) is 0. The van der Waals surface area contributed by atoms with Gasteiger partial charge >= 0.3 is 6.98 Å². The van der Waals surface area contributed by atoms with Crippen molar-refractivity contribution in [3.63, 3.8) is 0 Å². The highest BCUT2D eigenvalue weighted by Crippen LogP contribution is 2.21.